The van der Waals surface area contributed by atoms with Gasteiger partial charge in [-0.25, -0.2) is 15.0 Å². The normalized spacial score (nSPS) is 10.9. The number of benzene rings is 1. The van der Waals surface area contributed by atoms with Crippen LogP contribution < -0.4 is 20.1 Å². The molecule has 2 heterocycles. The lowest BCUT2D eigenvalue weighted by molar-refractivity contribution is 0.412. The molecule has 0 bridgehead atoms. The first kappa shape index (κ1) is 24.9. The van der Waals surface area contributed by atoms with E-state index >= 15 is 0 Å². The second-order valence-corrected chi connectivity index (χ2v) is 7.86. The third kappa shape index (κ3) is 7.66. The van der Waals surface area contributed by atoms with Crippen molar-refractivity contribution in [1.29, 1.82) is 0 Å². The highest BCUT2D eigenvalue weighted by Crippen LogP contribution is 2.22. The summed E-state index contributed by atoms with van der Waals surface area (Å²) in [6, 6.07) is 11.2. The summed E-state index contributed by atoms with van der Waals surface area (Å²) in [7, 11) is 1.64. The minimum Gasteiger partial charge on any atom is -0.497 e. The van der Waals surface area contributed by atoms with E-state index in [2.05, 4.69) is 25.6 Å². The lowest BCUT2D eigenvalue weighted by Gasteiger charge is -2.11. The molecule has 0 aliphatic rings. The van der Waals surface area contributed by atoms with Crippen molar-refractivity contribution in [1.82, 2.24) is 20.6 Å². The monoisotopic (exact) mass is 553 g/mol. The van der Waals surface area contributed by atoms with Crippen LogP contribution in [0.1, 0.15) is 28.1 Å². The van der Waals surface area contributed by atoms with Crippen molar-refractivity contribution in [2.75, 3.05) is 13.7 Å². The van der Waals surface area contributed by atoms with E-state index in [0.29, 0.717) is 24.7 Å². The molecule has 3 rings (SSSR count). The number of aliphatic imine (C=N–C) groups is 1. The van der Waals surface area contributed by atoms with Crippen molar-refractivity contribution in [2.24, 2.45) is 4.99 Å². The quantitative estimate of drug-likeness (QED) is 0.236. The van der Waals surface area contributed by atoms with Crippen LogP contribution in [0.25, 0.3) is 0 Å². The predicted molar refractivity (Wildman–Crippen MR) is 136 cm³/mol. The number of thiazole rings is 1. The first-order valence-corrected chi connectivity index (χ1v) is 10.6. The zero-order valence-corrected chi connectivity index (χ0v) is 21.3. The van der Waals surface area contributed by atoms with Crippen LogP contribution in [0.5, 0.6) is 17.4 Å². The van der Waals surface area contributed by atoms with Gasteiger partial charge in [-0.05, 0) is 50.6 Å². The summed E-state index contributed by atoms with van der Waals surface area (Å²) in [6.45, 7) is 8.12. The second-order valence-electron chi connectivity index (χ2n) is 6.57. The van der Waals surface area contributed by atoms with Crippen LogP contribution >= 0.6 is 35.3 Å². The van der Waals surface area contributed by atoms with Crippen molar-refractivity contribution in [3.05, 3.63) is 63.7 Å². The van der Waals surface area contributed by atoms with Crippen LogP contribution in [0.15, 0.2) is 47.6 Å². The molecule has 0 saturated heterocycles. The van der Waals surface area contributed by atoms with Crippen LogP contribution in [0.3, 0.4) is 0 Å². The summed E-state index contributed by atoms with van der Waals surface area (Å²) >= 11 is 1.71. The maximum Gasteiger partial charge on any atom is 0.219 e. The highest BCUT2D eigenvalue weighted by atomic mass is 127. The summed E-state index contributed by atoms with van der Waals surface area (Å²) < 4.78 is 10.9. The van der Waals surface area contributed by atoms with Crippen LogP contribution in [-0.4, -0.2) is 29.6 Å². The Balaban J connectivity index is 0.00000341. The first-order chi connectivity index (χ1) is 14.6. The van der Waals surface area contributed by atoms with E-state index in [0.717, 1.165) is 34.5 Å². The van der Waals surface area contributed by atoms with Gasteiger partial charge in [-0.1, -0.05) is 6.07 Å². The molecule has 3 aromatic rings. The summed E-state index contributed by atoms with van der Waals surface area (Å²) in [5.74, 6) is 2.80. The van der Waals surface area contributed by atoms with Gasteiger partial charge >= 0.3 is 0 Å². The number of hydrogen-bond donors (Lipinski definition) is 2. The topological polar surface area (TPSA) is 80.7 Å². The molecular formula is C22H28IN5O2S. The van der Waals surface area contributed by atoms with Gasteiger partial charge in [-0.3, -0.25) is 0 Å². The van der Waals surface area contributed by atoms with Gasteiger partial charge in [0.1, 0.15) is 11.5 Å². The van der Waals surface area contributed by atoms with Gasteiger partial charge in [0.25, 0.3) is 0 Å². The fourth-order valence-electron chi connectivity index (χ4n) is 2.74. The standard InChI is InChI=1S/C22H27N5O2S.HI/c1-5-23-22(26-14-20-15(2)27-16(3)30-20)25-13-17-6-11-21(24-12-17)29-19-9-7-18(28-4)8-10-19;/h6-12H,5,13-14H2,1-4H3,(H2,23,25,26);1H. The molecule has 0 spiro atoms. The van der Waals surface area contributed by atoms with Gasteiger partial charge < -0.3 is 20.1 Å². The largest absolute Gasteiger partial charge is 0.497 e. The maximum absolute atomic E-state index is 5.77. The molecule has 31 heavy (non-hydrogen) atoms. The molecule has 7 nitrogen and oxygen atoms in total. The van der Waals surface area contributed by atoms with E-state index in [1.165, 1.54) is 4.88 Å². The second kappa shape index (κ2) is 12.5. The average molecular weight is 553 g/mol. The Morgan fingerprint density at radius 3 is 2.39 bits per heavy atom. The molecule has 0 unspecified atom stereocenters. The zero-order valence-electron chi connectivity index (χ0n) is 18.1. The number of nitrogens with one attached hydrogen (secondary N) is 2. The molecule has 0 fully saturated rings. The minimum atomic E-state index is 0. The molecular weight excluding hydrogens is 525 g/mol. The summed E-state index contributed by atoms with van der Waals surface area (Å²) in [5, 5.41) is 7.72. The van der Waals surface area contributed by atoms with Crippen molar-refractivity contribution in [3.63, 3.8) is 0 Å². The van der Waals surface area contributed by atoms with E-state index in [1.807, 2.05) is 57.2 Å². The molecule has 0 aliphatic heterocycles. The van der Waals surface area contributed by atoms with Crippen molar-refractivity contribution < 1.29 is 9.47 Å². The van der Waals surface area contributed by atoms with Gasteiger partial charge in [0, 0.05) is 23.7 Å². The molecule has 2 aromatic heterocycles. The number of pyridine rings is 1. The highest BCUT2D eigenvalue weighted by molar-refractivity contribution is 14.0. The van der Waals surface area contributed by atoms with E-state index in [1.54, 1.807) is 24.6 Å². The number of methoxy groups -OCH3 is 1. The number of aromatic nitrogens is 2. The Morgan fingerprint density at radius 1 is 1.06 bits per heavy atom. The number of rotatable bonds is 8. The molecule has 0 saturated carbocycles. The number of guanidine groups is 1. The number of nitrogens with zero attached hydrogens (tertiary/aromatic N) is 3. The molecule has 1 aromatic carbocycles. The molecule has 0 amide bonds. The Labute approximate surface area is 204 Å². The molecule has 0 atom stereocenters. The van der Waals surface area contributed by atoms with E-state index in [4.69, 9.17) is 9.47 Å². The average Bonchev–Trinajstić information content (AvgIpc) is 3.08. The Morgan fingerprint density at radius 2 is 1.81 bits per heavy atom. The van der Waals surface area contributed by atoms with Crippen LogP contribution in [-0.2, 0) is 13.1 Å². The van der Waals surface area contributed by atoms with Crippen LogP contribution in [0.4, 0.5) is 0 Å². The number of aryl methyl sites for hydroxylation is 2. The van der Waals surface area contributed by atoms with E-state index in [-0.39, 0.29) is 24.0 Å². The van der Waals surface area contributed by atoms with Crippen molar-refractivity contribution in [3.8, 4) is 17.4 Å². The van der Waals surface area contributed by atoms with Gasteiger partial charge in [-0.2, -0.15) is 0 Å². The Kier molecular flexibility index (Phi) is 9.99. The molecule has 0 aliphatic carbocycles. The van der Waals surface area contributed by atoms with Gasteiger partial charge in [0.2, 0.25) is 5.88 Å². The first-order valence-electron chi connectivity index (χ1n) is 9.79. The number of ether oxygens (including phenoxy) is 2. The van der Waals surface area contributed by atoms with Gasteiger partial charge in [0.15, 0.2) is 5.96 Å². The third-order valence-corrected chi connectivity index (χ3v) is 5.33. The third-order valence-electron chi connectivity index (χ3n) is 4.26. The Bertz CT molecular complexity index is 975. The SMILES string of the molecule is CCNC(=NCc1ccc(Oc2ccc(OC)cc2)nc1)NCc1sc(C)nc1C.I. The smallest absolute Gasteiger partial charge is 0.219 e. The summed E-state index contributed by atoms with van der Waals surface area (Å²) in [4.78, 5) is 14.7. The summed E-state index contributed by atoms with van der Waals surface area (Å²) in [5.41, 5.74) is 2.07. The fraction of sp³-hybridized carbons (Fsp3) is 0.318. The molecule has 166 valence electrons. The summed E-state index contributed by atoms with van der Waals surface area (Å²) in [6.07, 6.45) is 1.78. The number of halogens is 1. The predicted octanol–water partition coefficient (Wildman–Crippen LogP) is 4.83. The maximum atomic E-state index is 5.77. The lowest BCUT2D eigenvalue weighted by Crippen LogP contribution is -2.36. The molecule has 9 heteroatoms. The minimum absolute atomic E-state index is 0. The van der Waals surface area contributed by atoms with E-state index < -0.39 is 0 Å². The fourth-order valence-corrected chi connectivity index (χ4v) is 3.62. The Hall–Kier alpha value is -2.40. The lowest BCUT2D eigenvalue weighted by atomic mass is 10.3. The van der Waals surface area contributed by atoms with Crippen molar-refractivity contribution in [2.45, 2.75) is 33.9 Å². The molecule has 0 radical (unpaired) electrons. The number of hydrogen-bond acceptors (Lipinski definition) is 6. The molecule has 2 N–H and O–H groups in total. The van der Waals surface area contributed by atoms with E-state index in [9.17, 15) is 0 Å². The van der Waals surface area contributed by atoms with Crippen molar-refractivity contribution >= 4 is 41.3 Å². The van der Waals surface area contributed by atoms with Gasteiger partial charge in [-0.15, -0.1) is 35.3 Å². The van der Waals surface area contributed by atoms with Gasteiger partial charge in [0.05, 0.1) is 30.9 Å². The van der Waals surface area contributed by atoms with Crippen LogP contribution in [0.2, 0.25) is 0 Å². The highest BCUT2D eigenvalue weighted by Gasteiger charge is 2.06. The zero-order chi connectivity index (χ0) is 21.3. The van der Waals surface area contributed by atoms with Crippen LogP contribution in [0, 0.1) is 13.8 Å².